The lowest BCUT2D eigenvalue weighted by atomic mass is 10.2. The number of benzene rings is 1. The van der Waals surface area contributed by atoms with E-state index in [1.54, 1.807) is 0 Å². The molecule has 3 nitrogen and oxygen atoms in total. The van der Waals surface area contributed by atoms with Gasteiger partial charge in [0.25, 0.3) is 0 Å². The van der Waals surface area contributed by atoms with E-state index in [9.17, 15) is 0 Å². The van der Waals surface area contributed by atoms with Gasteiger partial charge in [0.2, 0.25) is 0 Å². The van der Waals surface area contributed by atoms with Crippen LogP contribution in [0.25, 0.3) is 10.9 Å². The maximum Gasteiger partial charge on any atom is 0.120 e. The Labute approximate surface area is 108 Å². The van der Waals surface area contributed by atoms with Crippen LogP contribution in [0, 0.1) is 0 Å². The molecule has 0 aliphatic heterocycles. The Morgan fingerprint density at radius 2 is 2.28 bits per heavy atom. The average Bonchev–Trinajstić information content (AvgIpc) is 2.78. The second-order valence-electron chi connectivity index (χ2n) is 4.16. The molecule has 96 valence electrons. The first-order chi connectivity index (χ1) is 8.85. The smallest absolute Gasteiger partial charge is 0.120 e. The highest BCUT2D eigenvalue weighted by atomic mass is 16.5. The van der Waals surface area contributed by atoms with Crippen LogP contribution in [-0.2, 0) is 6.54 Å². The number of aromatic nitrogens is 1. The van der Waals surface area contributed by atoms with Crippen molar-refractivity contribution in [3.05, 3.63) is 43.1 Å². The maximum absolute atomic E-state index is 5.50. The van der Waals surface area contributed by atoms with E-state index in [1.807, 2.05) is 19.1 Å². The Morgan fingerprint density at radius 3 is 3.06 bits per heavy atom. The van der Waals surface area contributed by atoms with Crippen LogP contribution in [0.1, 0.15) is 6.92 Å². The molecular weight excluding hydrogens is 224 g/mol. The molecule has 1 heterocycles. The molecule has 1 aromatic heterocycles. The number of hydrogen-bond donors (Lipinski definition) is 1. The van der Waals surface area contributed by atoms with Gasteiger partial charge in [-0.15, -0.1) is 6.58 Å². The van der Waals surface area contributed by atoms with Gasteiger partial charge in [0.05, 0.1) is 6.61 Å². The highest BCUT2D eigenvalue weighted by Crippen LogP contribution is 2.21. The lowest BCUT2D eigenvalue weighted by molar-refractivity contribution is 0.340. The maximum atomic E-state index is 5.50. The molecule has 0 radical (unpaired) electrons. The van der Waals surface area contributed by atoms with Gasteiger partial charge in [-0.05, 0) is 31.2 Å². The molecule has 0 unspecified atom stereocenters. The van der Waals surface area contributed by atoms with Crippen molar-refractivity contribution in [2.75, 3.05) is 19.7 Å². The molecule has 0 saturated carbocycles. The summed E-state index contributed by atoms with van der Waals surface area (Å²) in [5.74, 6) is 0.938. The molecule has 2 rings (SSSR count). The number of hydrogen-bond acceptors (Lipinski definition) is 2. The van der Waals surface area contributed by atoms with Gasteiger partial charge in [-0.1, -0.05) is 6.08 Å². The minimum atomic E-state index is 0.706. The minimum Gasteiger partial charge on any atom is -0.494 e. The topological polar surface area (TPSA) is 26.2 Å². The monoisotopic (exact) mass is 244 g/mol. The SMILES string of the molecule is C=CCNCCn1ccc2cc(OCC)ccc21. The van der Waals surface area contributed by atoms with Crippen LogP contribution in [0.2, 0.25) is 0 Å². The van der Waals surface area contributed by atoms with Gasteiger partial charge in [-0.2, -0.15) is 0 Å². The Hall–Kier alpha value is -1.74. The highest BCUT2D eigenvalue weighted by molar-refractivity contribution is 5.81. The average molecular weight is 244 g/mol. The van der Waals surface area contributed by atoms with Crippen molar-refractivity contribution < 1.29 is 4.74 Å². The minimum absolute atomic E-state index is 0.706. The van der Waals surface area contributed by atoms with Gasteiger partial charge in [-0.25, -0.2) is 0 Å². The fraction of sp³-hybridized carbons (Fsp3) is 0.333. The van der Waals surface area contributed by atoms with Crippen LogP contribution in [0.5, 0.6) is 5.75 Å². The van der Waals surface area contributed by atoms with E-state index in [4.69, 9.17) is 4.74 Å². The molecule has 2 aromatic rings. The number of nitrogens with one attached hydrogen (secondary N) is 1. The van der Waals surface area contributed by atoms with Crippen molar-refractivity contribution in [1.82, 2.24) is 9.88 Å². The van der Waals surface area contributed by atoms with Crippen molar-refractivity contribution >= 4 is 10.9 Å². The Morgan fingerprint density at radius 1 is 1.39 bits per heavy atom. The Kier molecular flexibility index (Phi) is 4.42. The third-order valence-corrected chi connectivity index (χ3v) is 2.87. The zero-order valence-electron chi connectivity index (χ0n) is 10.9. The zero-order chi connectivity index (χ0) is 12.8. The second kappa shape index (κ2) is 6.26. The van der Waals surface area contributed by atoms with Gasteiger partial charge < -0.3 is 14.6 Å². The third kappa shape index (κ3) is 2.93. The predicted octanol–water partition coefficient (Wildman–Crippen LogP) is 2.82. The van der Waals surface area contributed by atoms with Gasteiger partial charge in [0.1, 0.15) is 5.75 Å². The Balaban J connectivity index is 2.08. The molecular formula is C15H20N2O. The zero-order valence-corrected chi connectivity index (χ0v) is 10.9. The van der Waals surface area contributed by atoms with Crippen molar-refractivity contribution in [1.29, 1.82) is 0 Å². The van der Waals surface area contributed by atoms with E-state index in [1.165, 1.54) is 10.9 Å². The van der Waals surface area contributed by atoms with Gasteiger partial charge in [0.15, 0.2) is 0 Å². The van der Waals surface area contributed by atoms with E-state index in [0.717, 1.165) is 25.4 Å². The summed E-state index contributed by atoms with van der Waals surface area (Å²) in [6.45, 7) is 9.16. The molecule has 0 aliphatic carbocycles. The van der Waals surface area contributed by atoms with E-state index in [-0.39, 0.29) is 0 Å². The molecule has 1 aromatic carbocycles. The first-order valence-electron chi connectivity index (χ1n) is 6.38. The number of nitrogens with zero attached hydrogens (tertiary/aromatic N) is 1. The lowest BCUT2D eigenvalue weighted by Gasteiger charge is -2.07. The molecule has 3 heteroatoms. The normalized spacial score (nSPS) is 10.7. The quantitative estimate of drug-likeness (QED) is 0.599. The van der Waals surface area contributed by atoms with E-state index in [2.05, 4.69) is 40.9 Å². The molecule has 0 fully saturated rings. The fourth-order valence-electron chi connectivity index (χ4n) is 2.03. The van der Waals surface area contributed by atoms with E-state index < -0.39 is 0 Å². The first-order valence-corrected chi connectivity index (χ1v) is 6.38. The van der Waals surface area contributed by atoms with Crippen LogP contribution in [0.15, 0.2) is 43.1 Å². The van der Waals surface area contributed by atoms with E-state index in [0.29, 0.717) is 6.61 Å². The van der Waals surface area contributed by atoms with Gasteiger partial charge in [-0.3, -0.25) is 0 Å². The number of fused-ring (bicyclic) bond motifs is 1. The van der Waals surface area contributed by atoms with Gasteiger partial charge in [0, 0.05) is 36.7 Å². The van der Waals surface area contributed by atoms with E-state index >= 15 is 0 Å². The van der Waals surface area contributed by atoms with Crippen molar-refractivity contribution in [2.24, 2.45) is 0 Å². The van der Waals surface area contributed by atoms with Crippen molar-refractivity contribution in [3.63, 3.8) is 0 Å². The van der Waals surface area contributed by atoms with Crippen LogP contribution < -0.4 is 10.1 Å². The predicted molar refractivity (Wildman–Crippen MR) is 76.2 cm³/mol. The number of rotatable bonds is 7. The first kappa shape index (κ1) is 12.7. The fourth-order valence-corrected chi connectivity index (χ4v) is 2.03. The Bertz CT molecular complexity index is 516. The van der Waals surface area contributed by atoms with Crippen LogP contribution in [-0.4, -0.2) is 24.3 Å². The summed E-state index contributed by atoms with van der Waals surface area (Å²) in [5.41, 5.74) is 1.25. The summed E-state index contributed by atoms with van der Waals surface area (Å²) < 4.78 is 7.75. The molecule has 1 N–H and O–H groups in total. The van der Waals surface area contributed by atoms with Crippen LogP contribution in [0.3, 0.4) is 0 Å². The molecule has 0 saturated heterocycles. The molecule has 0 aliphatic rings. The van der Waals surface area contributed by atoms with Crippen molar-refractivity contribution in [2.45, 2.75) is 13.5 Å². The molecule has 0 bridgehead atoms. The molecule has 0 amide bonds. The molecule has 18 heavy (non-hydrogen) atoms. The third-order valence-electron chi connectivity index (χ3n) is 2.87. The largest absolute Gasteiger partial charge is 0.494 e. The summed E-state index contributed by atoms with van der Waals surface area (Å²) in [5, 5.41) is 4.53. The molecule has 0 atom stereocenters. The van der Waals surface area contributed by atoms with Crippen LogP contribution in [0.4, 0.5) is 0 Å². The summed E-state index contributed by atoms with van der Waals surface area (Å²) >= 11 is 0. The summed E-state index contributed by atoms with van der Waals surface area (Å²) in [6.07, 6.45) is 4.00. The second-order valence-corrected chi connectivity index (χ2v) is 4.16. The van der Waals surface area contributed by atoms with Gasteiger partial charge >= 0.3 is 0 Å². The lowest BCUT2D eigenvalue weighted by Crippen LogP contribution is -2.19. The summed E-state index contributed by atoms with van der Waals surface area (Å²) in [4.78, 5) is 0. The van der Waals surface area contributed by atoms with Crippen LogP contribution >= 0.6 is 0 Å². The number of ether oxygens (including phenoxy) is 1. The molecule has 0 spiro atoms. The summed E-state index contributed by atoms with van der Waals surface area (Å²) in [7, 11) is 0. The summed E-state index contributed by atoms with van der Waals surface area (Å²) in [6, 6.07) is 8.37. The van der Waals surface area contributed by atoms with Crippen molar-refractivity contribution in [3.8, 4) is 5.75 Å². The standard InChI is InChI=1S/C15H20N2O/c1-3-8-16-9-11-17-10-7-13-12-14(18-4-2)5-6-15(13)17/h3,5-7,10,12,16H,1,4,8-9,11H2,2H3. The highest BCUT2D eigenvalue weighted by Gasteiger charge is 2.02.